The van der Waals surface area contributed by atoms with E-state index in [-0.39, 0.29) is 0 Å². The molecule has 112 valence electrons. The van der Waals surface area contributed by atoms with Gasteiger partial charge in [-0.25, -0.2) is 0 Å². The molecule has 0 aliphatic carbocycles. The first-order valence-electron chi connectivity index (χ1n) is 7.45. The molecule has 1 aliphatic rings. The van der Waals surface area contributed by atoms with E-state index in [1.54, 1.807) is 0 Å². The van der Waals surface area contributed by atoms with Crippen LogP contribution in [0.15, 0.2) is 42.5 Å². The maximum absolute atomic E-state index is 4.36. The standard InChI is InChI=1S/C15H17N7/c1-2-4-12(5-3-1)10-21-9-8-13(11-21)16-14-6-7-15-17-19-20-22(15)18-14/h1-7,13H,8-11H2,(H,16,18). The molecule has 7 nitrogen and oxygen atoms in total. The van der Waals surface area contributed by atoms with Gasteiger partial charge in [0.1, 0.15) is 5.82 Å². The first-order valence-corrected chi connectivity index (χ1v) is 7.45. The van der Waals surface area contributed by atoms with Crippen molar-refractivity contribution in [1.82, 2.24) is 30.2 Å². The summed E-state index contributed by atoms with van der Waals surface area (Å²) in [6.07, 6.45) is 1.11. The highest BCUT2D eigenvalue weighted by molar-refractivity contribution is 5.42. The van der Waals surface area contributed by atoms with Crippen LogP contribution < -0.4 is 5.32 Å². The fourth-order valence-corrected chi connectivity index (χ4v) is 2.87. The highest BCUT2D eigenvalue weighted by atomic mass is 15.6. The van der Waals surface area contributed by atoms with Crippen molar-refractivity contribution in [2.75, 3.05) is 18.4 Å². The maximum Gasteiger partial charge on any atom is 0.200 e. The van der Waals surface area contributed by atoms with Gasteiger partial charge in [0.2, 0.25) is 0 Å². The number of likely N-dealkylation sites (tertiary alicyclic amines) is 1. The van der Waals surface area contributed by atoms with E-state index < -0.39 is 0 Å². The van der Waals surface area contributed by atoms with Crippen LogP contribution in [0.3, 0.4) is 0 Å². The van der Waals surface area contributed by atoms with Gasteiger partial charge in [-0.3, -0.25) is 4.90 Å². The van der Waals surface area contributed by atoms with E-state index >= 15 is 0 Å². The Morgan fingerprint density at radius 3 is 2.95 bits per heavy atom. The normalized spacial score (nSPS) is 18.8. The second-order valence-electron chi connectivity index (χ2n) is 5.60. The van der Waals surface area contributed by atoms with E-state index in [0.29, 0.717) is 11.7 Å². The zero-order valence-electron chi connectivity index (χ0n) is 12.1. The van der Waals surface area contributed by atoms with Crippen molar-refractivity contribution >= 4 is 11.5 Å². The number of anilines is 1. The van der Waals surface area contributed by atoms with Crippen molar-refractivity contribution in [2.45, 2.75) is 19.0 Å². The van der Waals surface area contributed by atoms with Gasteiger partial charge < -0.3 is 5.32 Å². The zero-order valence-corrected chi connectivity index (χ0v) is 12.1. The Balaban J connectivity index is 1.38. The summed E-state index contributed by atoms with van der Waals surface area (Å²) in [6, 6.07) is 14.8. The van der Waals surface area contributed by atoms with Gasteiger partial charge in [-0.1, -0.05) is 30.3 Å². The summed E-state index contributed by atoms with van der Waals surface area (Å²) in [5.41, 5.74) is 2.01. The van der Waals surface area contributed by atoms with Gasteiger partial charge in [0.05, 0.1) is 0 Å². The van der Waals surface area contributed by atoms with Gasteiger partial charge >= 0.3 is 0 Å². The van der Waals surface area contributed by atoms with Gasteiger partial charge in [0, 0.05) is 25.7 Å². The molecule has 1 fully saturated rings. The molecular formula is C15H17N7. The summed E-state index contributed by atoms with van der Waals surface area (Å²) in [5.74, 6) is 0.811. The van der Waals surface area contributed by atoms with E-state index in [1.807, 2.05) is 12.1 Å². The van der Waals surface area contributed by atoms with Gasteiger partial charge in [0.25, 0.3) is 0 Å². The molecule has 2 aromatic heterocycles. The lowest BCUT2D eigenvalue weighted by Crippen LogP contribution is -2.26. The minimum absolute atomic E-state index is 0.408. The first kappa shape index (κ1) is 13.1. The van der Waals surface area contributed by atoms with Crippen LogP contribution in [0.5, 0.6) is 0 Å². The number of fused-ring (bicyclic) bond motifs is 1. The molecule has 1 atom stereocenters. The topological polar surface area (TPSA) is 71.2 Å². The van der Waals surface area contributed by atoms with Crippen LogP contribution in [0.4, 0.5) is 5.82 Å². The van der Waals surface area contributed by atoms with Crippen LogP contribution in [0, 0.1) is 0 Å². The third-order valence-electron chi connectivity index (χ3n) is 3.94. The predicted octanol–water partition coefficient (Wildman–Crippen LogP) is 1.21. The minimum atomic E-state index is 0.408. The maximum atomic E-state index is 4.36. The molecule has 3 heterocycles. The van der Waals surface area contributed by atoms with Crippen molar-refractivity contribution < 1.29 is 0 Å². The number of hydrogen-bond acceptors (Lipinski definition) is 6. The number of nitrogens with one attached hydrogen (secondary N) is 1. The number of rotatable bonds is 4. The van der Waals surface area contributed by atoms with Crippen molar-refractivity contribution in [2.24, 2.45) is 0 Å². The lowest BCUT2D eigenvalue weighted by Gasteiger charge is -2.17. The molecule has 1 N–H and O–H groups in total. The van der Waals surface area contributed by atoms with Gasteiger partial charge in [0.15, 0.2) is 5.65 Å². The lowest BCUT2D eigenvalue weighted by molar-refractivity contribution is 0.328. The number of hydrogen-bond donors (Lipinski definition) is 1. The van der Waals surface area contributed by atoms with Crippen LogP contribution >= 0.6 is 0 Å². The Kier molecular flexibility index (Phi) is 3.40. The molecule has 22 heavy (non-hydrogen) atoms. The van der Waals surface area contributed by atoms with E-state index in [2.05, 4.69) is 61.2 Å². The average molecular weight is 295 g/mol. The van der Waals surface area contributed by atoms with Crippen LogP contribution in [-0.2, 0) is 6.54 Å². The van der Waals surface area contributed by atoms with Crippen LogP contribution in [-0.4, -0.2) is 49.3 Å². The molecule has 4 rings (SSSR count). The number of benzene rings is 1. The van der Waals surface area contributed by atoms with Crippen molar-refractivity contribution in [1.29, 1.82) is 0 Å². The highest BCUT2D eigenvalue weighted by Crippen LogP contribution is 2.16. The SMILES string of the molecule is c1ccc(CN2CCC(Nc3ccc4nnnn4n3)C2)cc1. The van der Waals surface area contributed by atoms with Gasteiger partial charge in [-0.15, -0.1) is 14.8 Å². The highest BCUT2D eigenvalue weighted by Gasteiger charge is 2.22. The van der Waals surface area contributed by atoms with Crippen LogP contribution in [0.2, 0.25) is 0 Å². The second-order valence-corrected chi connectivity index (χ2v) is 5.60. The number of aromatic nitrogens is 5. The van der Waals surface area contributed by atoms with Crippen molar-refractivity contribution in [3.8, 4) is 0 Å². The minimum Gasteiger partial charge on any atom is -0.365 e. The van der Waals surface area contributed by atoms with Gasteiger partial charge in [-0.05, 0) is 34.5 Å². The fourth-order valence-electron chi connectivity index (χ4n) is 2.87. The first-order chi connectivity index (χ1) is 10.9. The van der Waals surface area contributed by atoms with Crippen molar-refractivity contribution in [3.05, 3.63) is 48.0 Å². The van der Waals surface area contributed by atoms with E-state index in [4.69, 9.17) is 0 Å². The van der Waals surface area contributed by atoms with E-state index in [0.717, 1.165) is 31.9 Å². The molecule has 1 aliphatic heterocycles. The molecule has 7 heteroatoms. The van der Waals surface area contributed by atoms with E-state index in [9.17, 15) is 0 Å². The molecule has 0 spiro atoms. The Morgan fingerprint density at radius 2 is 2.05 bits per heavy atom. The molecule has 1 unspecified atom stereocenters. The summed E-state index contributed by atoms with van der Waals surface area (Å²) in [6.45, 7) is 3.11. The lowest BCUT2D eigenvalue weighted by atomic mass is 10.2. The third kappa shape index (κ3) is 2.75. The second kappa shape index (κ2) is 5.69. The Bertz CT molecular complexity index is 755. The number of tetrazole rings is 1. The van der Waals surface area contributed by atoms with Gasteiger partial charge in [-0.2, -0.15) is 0 Å². The molecule has 0 amide bonds. The molecule has 1 saturated heterocycles. The largest absolute Gasteiger partial charge is 0.365 e. The number of nitrogens with zero attached hydrogens (tertiary/aromatic N) is 6. The molecule has 0 radical (unpaired) electrons. The average Bonchev–Trinajstić information content (AvgIpc) is 3.17. The summed E-state index contributed by atoms with van der Waals surface area (Å²) >= 11 is 0. The summed E-state index contributed by atoms with van der Waals surface area (Å²) in [5, 5.41) is 19.1. The smallest absolute Gasteiger partial charge is 0.200 e. The molecular weight excluding hydrogens is 278 g/mol. The van der Waals surface area contributed by atoms with Crippen molar-refractivity contribution in [3.63, 3.8) is 0 Å². The van der Waals surface area contributed by atoms with Crippen LogP contribution in [0.25, 0.3) is 5.65 Å². The summed E-state index contributed by atoms with van der Waals surface area (Å²) in [7, 11) is 0. The molecule has 0 saturated carbocycles. The monoisotopic (exact) mass is 295 g/mol. The Morgan fingerprint density at radius 1 is 1.14 bits per heavy atom. The summed E-state index contributed by atoms with van der Waals surface area (Å²) < 4.78 is 1.44. The molecule has 3 aromatic rings. The Labute approximate surface area is 127 Å². The fraction of sp³-hybridized carbons (Fsp3) is 0.333. The quantitative estimate of drug-likeness (QED) is 0.780. The molecule has 0 bridgehead atoms. The van der Waals surface area contributed by atoms with Crippen LogP contribution in [0.1, 0.15) is 12.0 Å². The zero-order chi connectivity index (χ0) is 14.8. The summed E-state index contributed by atoms with van der Waals surface area (Å²) in [4.78, 5) is 2.46. The van der Waals surface area contributed by atoms with E-state index in [1.165, 1.54) is 10.2 Å². The predicted molar refractivity (Wildman–Crippen MR) is 82.3 cm³/mol. The Hall–Kier alpha value is -2.54. The molecule has 1 aromatic carbocycles. The third-order valence-corrected chi connectivity index (χ3v) is 3.94.